The zero-order valence-corrected chi connectivity index (χ0v) is 10.2. The maximum absolute atomic E-state index is 11.5. The van der Waals surface area contributed by atoms with Crippen LogP contribution in [0, 0.1) is 0 Å². The van der Waals surface area contributed by atoms with Crippen molar-refractivity contribution in [1.82, 2.24) is 4.90 Å². The molecule has 0 spiro atoms. The molecule has 1 amide bonds. The number of alkyl halides is 1. The fraction of sp³-hybridized carbons (Fsp3) is 0.900. The van der Waals surface area contributed by atoms with E-state index in [4.69, 9.17) is 0 Å². The molecule has 4 heteroatoms. The number of likely N-dealkylation sites (N-methyl/N-ethyl adjacent to an activating group) is 1. The van der Waals surface area contributed by atoms with Crippen molar-refractivity contribution in [2.24, 2.45) is 0 Å². The second-order valence-corrected chi connectivity index (χ2v) is 4.91. The predicted molar refractivity (Wildman–Crippen MR) is 59.5 cm³/mol. The summed E-state index contributed by atoms with van der Waals surface area (Å²) in [5.74, 6) is 0.0993. The molecule has 1 fully saturated rings. The minimum Gasteiger partial charge on any atom is -0.388 e. The molecule has 14 heavy (non-hydrogen) atoms. The summed E-state index contributed by atoms with van der Waals surface area (Å²) in [7, 11) is 1.77. The fourth-order valence-corrected chi connectivity index (χ4v) is 2.33. The van der Waals surface area contributed by atoms with Crippen LogP contribution in [0.2, 0.25) is 0 Å². The fourth-order valence-electron chi connectivity index (χ4n) is 1.99. The quantitative estimate of drug-likeness (QED) is 0.782. The first-order valence-corrected chi connectivity index (χ1v) is 6.22. The lowest BCUT2D eigenvalue weighted by Crippen LogP contribution is -2.42. The first kappa shape index (κ1) is 12.0. The van der Waals surface area contributed by atoms with E-state index in [1.165, 1.54) is 0 Å². The number of halogens is 1. The topological polar surface area (TPSA) is 40.5 Å². The molecule has 3 nitrogen and oxygen atoms in total. The van der Waals surface area contributed by atoms with Gasteiger partial charge in [0.25, 0.3) is 0 Å². The van der Waals surface area contributed by atoms with E-state index < -0.39 is 5.60 Å². The molecule has 0 bridgehead atoms. The monoisotopic (exact) mass is 263 g/mol. The van der Waals surface area contributed by atoms with E-state index in [1.807, 2.05) is 0 Å². The lowest BCUT2D eigenvalue weighted by atomic mass is 10.0. The van der Waals surface area contributed by atoms with Crippen LogP contribution < -0.4 is 0 Å². The predicted octanol–water partition coefficient (Wildman–Crippen LogP) is 1.53. The van der Waals surface area contributed by atoms with Crippen molar-refractivity contribution in [3.63, 3.8) is 0 Å². The van der Waals surface area contributed by atoms with Gasteiger partial charge in [-0.25, -0.2) is 0 Å². The molecular weight excluding hydrogens is 246 g/mol. The van der Waals surface area contributed by atoms with Crippen molar-refractivity contribution in [2.75, 3.05) is 18.9 Å². The Hall–Kier alpha value is -0.0900. The van der Waals surface area contributed by atoms with Gasteiger partial charge in [-0.1, -0.05) is 28.8 Å². The summed E-state index contributed by atoms with van der Waals surface area (Å²) in [6, 6.07) is 0. The highest BCUT2D eigenvalue weighted by molar-refractivity contribution is 9.09. The van der Waals surface area contributed by atoms with Crippen molar-refractivity contribution in [3.05, 3.63) is 0 Å². The Morgan fingerprint density at radius 2 is 2.07 bits per heavy atom. The molecule has 0 saturated heterocycles. The molecule has 1 rings (SSSR count). The van der Waals surface area contributed by atoms with E-state index in [1.54, 1.807) is 11.9 Å². The van der Waals surface area contributed by atoms with Crippen LogP contribution in [0.1, 0.15) is 32.1 Å². The van der Waals surface area contributed by atoms with Gasteiger partial charge >= 0.3 is 0 Å². The molecule has 0 atom stereocenters. The summed E-state index contributed by atoms with van der Waals surface area (Å²) in [4.78, 5) is 13.1. The molecule has 0 aromatic heterocycles. The van der Waals surface area contributed by atoms with Crippen molar-refractivity contribution in [3.8, 4) is 0 Å². The third-order valence-corrected chi connectivity index (χ3v) is 3.20. The third kappa shape index (κ3) is 3.24. The Morgan fingerprint density at radius 3 is 2.57 bits per heavy atom. The third-order valence-electron chi connectivity index (χ3n) is 2.80. The summed E-state index contributed by atoms with van der Waals surface area (Å²) in [5, 5.41) is 10.8. The number of nitrogens with zero attached hydrogens (tertiary/aromatic N) is 1. The van der Waals surface area contributed by atoms with Gasteiger partial charge in [0.05, 0.1) is 5.60 Å². The van der Waals surface area contributed by atoms with Gasteiger partial charge in [0.2, 0.25) is 5.91 Å². The largest absolute Gasteiger partial charge is 0.388 e. The van der Waals surface area contributed by atoms with E-state index in [9.17, 15) is 9.90 Å². The van der Waals surface area contributed by atoms with E-state index in [-0.39, 0.29) is 5.91 Å². The average Bonchev–Trinajstić information content (AvgIpc) is 2.52. The van der Waals surface area contributed by atoms with Crippen molar-refractivity contribution < 1.29 is 9.90 Å². The molecule has 82 valence electrons. The van der Waals surface area contributed by atoms with E-state index in [0.717, 1.165) is 25.7 Å². The van der Waals surface area contributed by atoms with Crippen molar-refractivity contribution in [1.29, 1.82) is 0 Å². The highest BCUT2D eigenvalue weighted by Gasteiger charge is 2.33. The van der Waals surface area contributed by atoms with Gasteiger partial charge in [0.1, 0.15) is 0 Å². The molecular formula is C10H18BrNO2. The minimum atomic E-state index is -0.614. The van der Waals surface area contributed by atoms with Crippen LogP contribution >= 0.6 is 15.9 Å². The van der Waals surface area contributed by atoms with Crippen LogP contribution in [0.5, 0.6) is 0 Å². The Bertz CT molecular complexity index is 202. The van der Waals surface area contributed by atoms with Gasteiger partial charge in [0.15, 0.2) is 0 Å². The number of carbonyl (C=O) groups is 1. The van der Waals surface area contributed by atoms with E-state index in [0.29, 0.717) is 18.3 Å². The minimum absolute atomic E-state index is 0.0993. The highest BCUT2D eigenvalue weighted by atomic mass is 79.9. The van der Waals surface area contributed by atoms with Gasteiger partial charge in [-0.2, -0.15) is 0 Å². The Labute approximate surface area is 93.6 Å². The Kier molecular flexibility index (Phi) is 4.38. The average molecular weight is 264 g/mol. The second-order valence-electron chi connectivity index (χ2n) is 4.12. The highest BCUT2D eigenvalue weighted by Crippen LogP contribution is 2.29. The first-order chi connectivity index (χ1) is 6.57. The number of hydrogen-bond donors (Lipinski definition) is 1. The van der Waals surface area contributed by atoms with E-state index >= 15 is 0 Å². The molecule has 1 saturated carbocycles. The Morgan fingerprint density at radius 1 is 1.50 bits per heavy atom. The molecule has 0 radical (unpaired) electrons. The number of hydrogen-bond acceptors (Lipinski definition) is 2. The molecule has 0 unspecified atom stereocenters. The smallest absolute Gasteiger partial charge is 0.223 e. The molecule has 1 N–H and O–H groups in total. The zero-order valence-electron chi connectivity index (χ0n) is 8.63. The molecule has 0 aromatic carbocycles. The molecule has 0 heterocycles. The van der Waals surface area contributed by atoms with Gasteiger partial charge in [-0.15, -0.1) is 0 Å². The lowest BCUT2D eigenvalue weighted by Gasteiger charge is -2.28. The number of aliphatic hydroxyl groups is 1. The van der Waals surface area contributed by atoms with Gasteiger partial charge in [-0.3, -0.25) is 4.79 Å². The van der Waals surface area contributed by atoms with Crippen LogP contribution in [0.4, 0.5) is 0 Å². The summed E-state index contributed by atoms with van der Waals surface area (Å²) in [6.45, 7) is 0.485. The SMILES string of the molecule is CN(CC1(O)CCCC1)C(=O)CCBr. The number of carbonyl (C=O) groups excluding carboxylic acids is 1. The summed E-state index contributed by atoms with van der Waals surface area (Å²) in [5.41, 5.74) is -0.614. The summed E-state index contributed by atoms with van der Waals surface area (Å²) in [6.07, 6.45) is 4.33. The molecule has 1 aliphatic carbocycles. The lowest BCUT2D eigenvalue weighted by molar-refractivity contribution is -0.132. The number of rotatable bonds is 4. The molecule has 0 aliphatic heterocycles. The maximum atomic E-state index is 11.5. The second kappa shape index (κ2) is 5.12. The van der Waals surface area contributed by atoms with Gasteiger partial charge in [0, 0.05) is 25.3 Å². The molecule has 1 aliphatic rings. The normalized spacial score (nSPS) is 19.6. The van der Waals surface area contributed by atoms with Gasteiger partial charge < -0.3 is 10.0 Å². The van der Waals surface area contributed by atoms with E-state index in [2.05, 4.69) is 15.9 Å². The first-order valence-electron chi connectivity index (χ1n) is 5.10. The Balaban J connectivity index is 2.38. The zero-order chi connectivity index (χ0) is 10.6. The number of amides is 1. The summed E-state index contributed by atoms with van der Waals surface area (Å²) >= 11 is 3.23. The van der Waals surface area contributed by atoms with Crippen molar-refractivity contribution in [2.45, 2.75) is 37.7 Å². The molecule has 0 aromatic rings. The van der Waals surface area contributed by atoms with Crippen LogP contribution in [0.15, 0.2) is 0 Å². The standard InChI is InChI=1S/C10H18BrNO2/c1-12(9(13)4-7-11)8-10(14)5-2-3-6-10/h14H,2-8H2,1H3. The maximum Gasteiger partial charge on any atom is 0.223 e. The van der Waals surface area contributed by atoms with Crippen LogP contribution in [0.3, 0.4) is 0 Å². The van der Waals surface area contributed by atoms with Crippen molar-refractivity contribution >= 4 is 21.8 Å². The summed E-state index contributed by atoms with van der Waals surface area (Å²) < 4.78 is 0. The van der Waals surface area contributed by atoms with Crippen LogP contribution in [-0.4, -0.2) is 40.4 Å². The van der Waals surface area contributed by atoms with Gasteiger partial charge in [-0.05, 0) is 12.8 Å². The van der Waals surface area contributed by atoms with Crippen LogP contribution in [-0.2, 0) is 4.79 Å². The van der Waals surface area contributed by atoms with Crippen LogP contribution in [0.25, 0.3) is 0 Å².